The van der Waals surface area contributed by atoms with Crippen molar-refractivity contribution in [3.8, 4) is 0 Å². The summed E-state index contributed by atoms with van der Waals surface area (Å²) < 4.78 is 18.9. The molecule has 0 aliphatic carbocycles. The molecule has 158 valence electrons. The molecule has 0 saturated carbocycles. The molecule has 0 spiro atoms. The largest absolute Gasteiger partial charge is 0.375 e. The molecular formula is C21H29FIN5O. The second-order valence-corrected chi connectivity index (χ2v) is 6.83. The highest BCUT2D eigenvalue weighted by Gasteiger charge is 2.17. The lowest BCUT2D eigenvalue weighted by Gasteiger charge is -2.32. The summed E-state index contributed by atoms with van der Waals surface area (Å²) >= 11 is 0. The topological polar surface area (TPSA) is 61.8 Å². The molecule has 8 heteroatoms. The van der Waals surface area contributed by atoms with Gasteiger partial charge in [0.05, 0.1) is 19.3 Å². The van der Waals surface area contributed by atoms with E-state index < -0.39 is 0 Å². The van der Waals surface area contributed by atoms with Crippen LogP contribution in [0.2, 0.25) is 0 Å². The van der Waals surface area contributed by atoms with E-state index in [4.69, 9.17) is 4.74 Å². The summed E-state index contributed by atoms with van der Waals surface area (Å²) in [5.74, 6) is 1.43. The van der Waals surface area contributed by atoms with Crippen LogP contribution in [0.3, 0.4) is 0 Å². The first-order valence-corrected chi connectivity index (χ1v) is 9.72. The standard InChI is InChI=1S/C21H28FN5O.HI/c1-3-23-21(25-12-17-5-4-6-19(22)11-17)26-14-18-7-8-20(24-13-18)27-9-10-28-16(2)15-27;/h4-8,11,13,16H,3,9-10,12,14-15H2,1-2H3,(H2,23,25,26);1H. The Kier molecular flexibility index (Phi) is 9.59. The molecule has 1 aromatic carbocycles. The van der Waals surface area contributed by atoms with Gasteiger partial charge in [0.1, 0.15) is 11.6 Å². The molecule has 1 aliphatic rings. The molecule has 2 N–H and O–H groups in total. The van der Waals surface area contributed by atoms with E-state index in [0.29, 0.717) is 19.0 Å². The monoisotopic (exact) mass is 513 g/mol. The van der Waals surface area contributed by atoms with Gasteiger partial charge in [-0.1, -0.05) is 18.2 Å². The number of pyridine rings is 1. The van der Waals surface area contributed by atoms with Crippen molar-refractivity contribution in [3.05, 3.63) is 59.5 Å². The van der Waals surface area contributed by atoms with Crippen molar-refractivity contribution < 1.29 is 9.13 Å². The maximum absolute atomic E-state index is 13.3. The molecule has 1 aliphatic heterocycles. The molecule has 0 bridgehead atoms. The van der Waals surface area contributed by atoms with E-state index in [0.717, 1.165) is 43.2 Å². The third kappa shape index (κ3) is 7.43. The number of aliphatic imine (C=N–C) groups is 1. The lowest BCUT2D eigenvalue weighted by molar-refractivity contribution is 0.0529. The van der Waals surface area contributed by atoms with E-state index in [-0.39, 0.29) is 35.9 Å². The SMILES string of the molecule is CCNC(=NCc1ccc(N2CCOC(C)C2)nc1)NCc1cccc(F)c1.I. The number of benzene rings is 1. The minimum Gasteiger partial charge on any atom is -0.375 e. The molecule has 1 aromatic heterocycles. The van der Waals surface area contributed by atoms with Gasteiger partial charge in [-0.25, -0.2) is 14.4 Å². The number of hydrogen-bond acceptors (Lipinski definition) is 4. The minimum absolute atomic E-state index is 0. The summed E-state index contributed by atoms with van der Waals surface area (Å²) in [5, 5.41) is 6.44. The Balaban J connectivity index is 0.00000300. The van der Waals surface area contributed by atoms with Gasteiger partial charge >= 0.3 is 0 Å². The second-order valence-electron chi connectivity index (χ2n) is 6.83. The Hall–Kier alpha value is -1.94. The highest BCUT2D eigenvalue weighted by molar-refractivity contribution is 14.0. The summed E-state index contributed by atoms with van der Waals surface area (Å²) in [6, 6.07) is 10.6. The van der Waals surface area contributed by atoms with Crippen LogP contribution in [0.25, 0.3) is 0 Å². The second kappa shape index (κ2) is 11.9. The Bertz CT molecular complexity index is 787. The quantitative estimate of drug-likeness (QED) is 0.353. The third-order valence-electron chi connectivity index (χ3n) is 4.49. The molecule has 2 aromatic rings. The summed E-state index contributed by atoms with van der Waals surface area (Å²) in [6.45, 7) is 8.33. The fourth-order valence-corrected chi connectivity index (χ4v) is 3.07. The summed E-state index contributed by atoms with van der Waals surface area (Å²) in [5.41, 5.74) is 1.91. The van der Waals surface area contributed by atoms with Crippen molar-refractivity contribution in [2.45, 2.75) is 33.0 Å². The lowest BCUT2D eigenvalue weighted by Crippen LogP contribution is -2.41. The number of morpholine rings is 1. The van der Waals surface area contributed by atoms with E-state index in [1.54, 1.807) is 6.07 Å². The highest BCUT2D eigenvalue weighted by atomic mass is 127. The molecule has 6 nitrogen and oxygen atoms in total. The van der Waals surface area contributed by atoms with Gasteiger partial charge in [-0.3, -0.25) is 0 Å². The smallest absolute Gasteiger partial charge is 0.191 e. The van der Waals surface area contributed by atoms with Gasteiger partial charge in [0, 0.05) is 32.4 Å². The first-order valence-electron chi connectivity index (χ1n) is 9.72. The van der Waals surface area contributed by atoms with Gasteiger partial charge in [-0.15, -0.1) is 24.0 Å². The average Bonchev–Trinajstić information content (AvgIpc) is 2.70. The average molecular weight is 513 g/mol. The molecule has 1 saturated heterocycles. The van der Waals surface area contributed by atoms with Crippen LogP contribution in [-0.4, -0.2) is 43.3 Å². The Morgan fingerprint density at radius 3 is 2.83 bits per heavy atom. The summed E-state index contributed by atoms with van der Waals surface area (Å²) in [6.07, 6.45) is 2.10. The number of rotatable bonds is 6. The van der Waals surface area contributed by atoms with Crippen molar-refractivity contribution >= 4 is 35.8 Å². The molecule has 2 heterocycles. The molecule has 1 atom stereocenters. The lowest BCUT2D eigenvalue weighted by atomic mass is 10.2. The van der Waals surface area contributed by atoms with Crippen LogP contribution in [-0.2, 0) is 17.8 Å². The summed E-state index contributed by atoms with van der Waals surface area (Å²) in [4.78, 5) is 11.4. The van der Waals surface area contributed by atoms with Crippen molar-refractivity contribution in [1.82, 2.24) is 15.6 Å². The van der Waals surface area contributed by atoms with Gasteiger partial charge in [-0.2, -0.15) is 0 Å². The first kappa shape index (κ1) is 23.3. The van der Waals surface area contributed by atoms with Crippen molar-refractivity contribution in [2.24, 2.45) is 4.99 Å². The van der Waals surface area contributed by atoms with Crippen LogP contribution in [0.15, 0.2) is 47.6 Å². The third-order valence-corrected chi connectivity index (χ3v) is 4.49. The number of nitrogens with one attached hydrogen (secondary N) is 2. The first-order chi connectivity index (χ1) is 13.6. The number of aromatic nitrogens is 1. The van der Waals surface area contributed by atoms with E-state index in [1.807, 2.05) is 25.3 Å². The molecule has 1 fully saturated rings. The van der Waals surface area contributed by atoms with Gasteiger partial charge in [0.2, 0.25) is 0 Å². The Labute approximate surface area is 189 Å². The predicted molar refractivity (Wildman–Crippen MR) is 125 cm³/mol. The predicted octanol–water partition coefficient (Wildman–Crippen LogP) is 3.32. The minimum atomic E-state index is -0.234. The van der Waals surface area contributed by atoms with Crippen LogP contribution < -0.4 is 15.5 Å². The molecular weight excluding hydrogens is 484 g/mol. The van der Waals surface area contributed by atoms with Gasteiger partial charge in [0.15, 0.2) is 5.96 Å². The van der Waals surface area contributed by atoms with Crippen molar-refractivity contribution in [3.63, 3.8) is 0 Å². The maximum atomic E-state index is 13.3. The van der Waals surface area contributed by atoms with Crippen LogP contribution >= 0.6 is 24.0 Å². The Morgan fingerprint density at radius 2 is 2.14 bits per heavy atom. The number of guanidine groups is 1. The fourth-order valence-electron chi connectivity index (χ4n) is 3.07. The molecule has 1 unspecified atom stereocenters. The zero-order valence-corrected chi connectivity index (χ0v) is 19.2. The van der Waals surface area contributed by atoms with Gasteiger partial charge < -0.3 is 20.3 Å². The van der Waals surface area contributed by atoms with Crippen molar-refractivity contribution in [1.29, 1.82) is 0 Å². The molecule has 0 amide bonds. The van der Waals surface area contributed by atoms with Crippen LogP contribution in [0.4, 0.5) is 10.2 Å². The van der Waals surface area contributed by atoms with E-state index in [9.17, 15) is 4.39 Å². The zero-order valence-electron chi connectivity index (χ0n) is 16.9. The van der Waals surface area contributed by atoms with Crippen LogP contribution in [0.5, 0.6) is 0 Å². The molecule has 29 heavy (non-hydrogen) atoms. The van der Waals surface area contributed by atoms with Crippen molar-refractivity contribution in [2.75, 3.05) is 31.1 Å². The fraction of sp³-hybridized carbons (Fsp3) is 0.429. The normalized spacial score (nSPS) is 16.9. The number of anilines is 1. The van der Waals surface area contributed by atoms with Gasteiger partial charge in [-0.05, 0) is 43.2 Å². The van der Waals surface area contributed by atoms with E-state index in [2.05, 4.69) is 38.5 Å². The zero-order chi connectivity index (χ0) is 19.8. The number of halogens is 2. The molecule has 0 radical (unpaired) electrons. The Morgan fingerprint density at radius 1 is 1.28 bits per heavy atom. The summed E-state index contributed by atoms with van der Waals surface area (Å²) in [7, 11) is 0. The maximum Gasteiger partial charge on any atom is 0.191 e. The van der Waals surface area contributed by atoms with Crippen LogP contribution in [0.1, 0.15) is 25.0 Å². The van der Waals surface area contributed by atoms with E-state index >= 15 is 0 Å². The molecule has 3 rings (SSSR count). The number of ether oxygens (including phenoxy) is 1. The number of nitrogens with zero attached hydrogens (tertiary/aromatic N) is 3. The highest BCUT2D eigenvalue weighted by Crippen LogP contribution is 2.15. The van der Waals surface area contributed by atoms with Crippen LogP contribution in [0, 0.1) is 5.82 Å². The van der Waals surface area contributed by atoms with E-state index in [1.165, 1.54) is 12.1 Å². The van der Waals surface area contributed by atoms with Gasteiger partial charge in [0.25, 0.3) is 0 Å². The number of hydrogen-bond donors (Lipinski definition) is 2.